The largest absolute Gasteiger partial charge is 0.486 e. The molecule has 1 aromatic carbocycles. The van der Waals surface area contributed by atoms with E-state index >= 15 is 0 Å². The van der Waals surface area contributed by atoms with Crippen LogP contribution in [0.2, 0.25) is 0 Å². The second-order valence-electron chi connectivity index (χ2n) is 8.01. The van der Waals surface area contributed by atoms with Crippen molar-refractivity contribution in [1.29, 1.82) is 0 Å². The van der Waals surface area contributed by atoms with Crippen LogP contribution in [-0.2, 0) is 21.2 Å². The fraction of sp³-hybridized carbons (Fsp3) is 0.500. The molecule has 0 bridgehead atoms. The van der Waals surface area contributed by atoms with E-state index in [9.17, 15) is 13.2 Å². The number of furan rings is 1. The lowest BCUT2D eigenvalue weighted by molar-refractivity contribution is -0.126. The highest BCUT2D eigenvalue weighted by molar-refractivity contribution is 7.89. The van der Waals surface area contributed by atoms with Crippen molar-refractivity contribution < 1.29 is 27.1 Å². The molecule has 4 rings (SSSR count). The summed E-state index contributed by atoms with van der Waals surface area (Å²) in [6, 6.07) is 8.49. The molecule has 1 amide bonds. The van der Waals surface area contributed by atoms with Crippen LogP contribution >= 0.6 is 0 Å². The van der Waals surface area contributed by atoms with Crippen LogP contribution in [0.3, 0.4) is 0 Å². The molecular formula is C22H28N2O6S. The molecule has 0 saturated carbocycles. The monoisotopic (exact) mass is 448 g/mol. The van der Waals surface area contributed by atoms with Gasteiger partial charge in [0.1, 0.15) is 19.0 Å². The van der Waals surface area contributed by atoms with Crippen molar-refractivity contribution in [3.8, 4) is 11.5 Å². The summed E-state index contributed by atoms with van der Waals surface area (Å²) >= 11 is 0. The minimum absolute atomic E-state index is 0.0108. The molecule has 0 unspecified atom stereocenters. The smallest absolute Gasteiger partial charge is 0.243 e. The number of rotatable bonds is 7. The summed E-state index contributed by atoms with van der Waals surface area (Å²) in [5.41, 5.74) is 0. The van der Waals surface area contributed by atoms with E-state index in [1.54, 1.807) is 18.4 Å². The molecule has 2 aliphatic heterocycles. The van der Waals surface area contributed by atoms with Crippen LogP contribution in [0.5, 0.6) is 11.5 Å². The van der Waals surface area contributed by atoms with Gasteiger partial charge < -0.3 is 19.2 Å². The Bertz CT molecular complexity index is 997. The van der Waals surface area contributed by atoms with Gasteiger partial charge in [0.25, 0.3) is 0 Å². The second-order valence-corrected chi connectivity index (χ2v) is 9.95. The van der Waals surface area contributed by atoms with E-state index in [1.807, 2.05) is 19.1 Å². The average molecular weight is 449 g/mol. The molecule has 2 aliphatic rings. The molecule has 3 heterocycles. The predicted octanol–water partition coefficient (Wildman–Crippen LogP) is 2.59. The number of aryl methyl sites for hydroxylation is 1. The highest BCUT2D eigenvalue weighted by atomic mass is 32.2. The van der Waals surface area contributed by atoms with Gasteiger partial charge in [0, 0.05) is 37.5 Å². The van der Waals surface area contributed by atoms with E-state index in [4.69, 9.17) is 13.9 Å². The Morgan fingerprint density at radius 3 is 2.61 bits per heavy atom. The number of hydrogen-bond acceptors (Lipinski definition) is 6. The third kappa shape index (κ3) is 5.04. The molecule has 2 aromatic rings. The summed E-state index contributed by atoms with van der Waals surface area (Å²) in [6.07, 6.45) is 4.20. The van der Waals surface area contributed by atoms with Crippen LogP contribution < -0.4 is 14.8 Å². The number of fused-ring (bicyclic) bond motifs is 1. The number of amides is 1. The number of benzene rings is 1. The van der Waals surface area contributed by atoms with E-state index in [-0.39, 0.29) is 22.8 Å². The molecule has 0 aliphatic carbocycles. The standard InChI is InChI=1S/C22H28N2O6S/c1-16(4-5-18-3-2-12-28-18)23-22(25)17-8-10-24(11-9-17)31(26,27)19-6-7-20-21(15-19)30-14-13-29-20/h2-3,6-7,12,15-17H,4-5,8-11,13-14H2,1H3,(H,23,25)/t16-/m0/s1. The molecule has 1 saturated heterocycles. The first-order valence-corrected chi connectivity index (χ1v) is 12.1. The van der Waals surface area contributed by atoms with Gasteiger partial charge in [-0.05, 0) is 50.5 Å². The zero-order chi connectivity index (χ0) is 21.8. The van der Waals surface area contributed by atoms with Gasteiger partial charge in [-0.25, -0.2) is 8.42 Å². The Balaban J connectivity index is 1.30. The molecule has 1 atom stereocenters. The van der Waals surface area contributed by atoms with Gasteiger partial charge in [-0.15, -0.1) is 0 Å². The van der Waals surface area contributed by atoms with Crippen LogP contribution in [-0.4, -0.2) is 51.0 Å². The number of ether oxygens (including phenoxy) is 2. The van der Waals surface area contributed by atoms with Gasteiger partial charge in [-0.1, -0.05) is 0 Å². The normalized spacial score (nSPS) is 18.5. The van der Waals surface area contributed by atoms with Gasteiger partial charge in [0.15, 0.2) is 11.5 Å². The number of nitrogens with zero attached hydrogens (tertiary/aromatic N) is 1. The van der Waals surface area contributed by atoms with Gasteiger partial charge in [-0.2, -0.15) is 4.31 Å². The average Bonchev–Trinajstić information content (AvgIpc) is 3.31. The van der Waals surface area contributed by atoms with E-state index in [0.29, 0.717) is 50.6 Å². The van der Waals surface area contributed by atoms with Crippen molar-refractivity contribution in [2.24, 2.45) is 5.92 Å². The number of nitrogens with one attached hydrogen (secondary N) is 1. The molecule has 0 radical (unpaired) electrons. The predicted molar refractivity (Wildman–Crippen MR) is 114 cm³/mol. The molecule has 9 heteroatoms. The summed E-state index contributed by atoms with van der Waals surface area (Å²) in [5.74, 6) is 1.71. The van der Waals surface area contributed by atoms with Crippen molar-refractivity contribution in [3.63, 3.8) is 0 Å². The zero-order valence-corrected chi connectivity index (χ0v) is 18.4. The molecule has 1 fully saturated rings. The summed E-state index contributed by atoms with van der Waals surface area (Å²) in [5, 5.41) is 3.05. The van der Waals surface area contributed by atoms with Crippen LogP contribution in [0.4, 0.5) is 0 Å². The third-order valence-corrected chi connectivity index (χ3v) is 7.66. The summed E-state index contributed by atoms with van der Waals surface area (Å²) in [7, 11) is -3.65. The maximum atomic E-state index is 13.0. The quantitative estimate of drug-likeness (QED) is 0.699. The first kappa shape index (κ1) is 21.7. The van der Waals surface area contributed by atoms with Gasteiger partial charge in [0.2, 0.25) is 15.9 Å². The molecule has 1 aromatic heterocycles. The first-order chi connectivity index (χ1) is 14.9. The highest BCUT2D eigenvalue weighted by Gasteiger charge is 2.33. The molecule has 31 heavy (non-hydrogen) atoms. The van der Waals surface area contributed by atoms with E-state index in [1.165, 1.54) is 10.4 Å². The van der Waals surface area contributed by atoms with Gasteiger partial charge in [0.05, 0.1) is 11.2 Å². The Hall–Kier alpha value is -2.52. The molecule has 0 spiro atoms. The molecule has 1 N–H and O–H groups in total. The second kappa shape index (κ2) is 9.32. The molecule has 8 nitrogen and oxygen atoms in total. The first-order valence-electron chi connectivity index (χ1n) is 10.7. The summed E-state index contributed by atoms with van der Waals surface area (Å²) < 4.78 is 43.8. The lowest BCUT2D eigenvalue weighted by atomic mass is 9.96. The zero-order valence-electron chi connectivity index (χ0n) is 17.6. The van der Waals surface area contributed by atoms with E-state index in [0.717, 1.165) is 18.6 Å². The van der Waals surface area contributed by atoms with E-state index in [2.05, 4.69) is 5.32 Å². The number of hydrogen-bond donors (Lipinski definition) is 1. The minimum Gasteiger partial charge on any atom is -0.486 e. The Morgan fingerprint density at radius 2 is 1.90 bits per heavy atom. The Kier molecular flexibility index (Phi) is 6.52. The van der Waals surface area contributed by atoms with Gasteiger partial charge in [-0.3, -0.25) is 4.79 Å². The number of sulfonamides is 1. The van der Waals surface area contributed by atoms with Gasteiger partial charge >= 0.3 is 0 Å². The van der Waals surface area contributed by atoms with Crippen LogP contribution in [0.25, 0.3) is 0 Å². The van der Waals surface area contributed by atoms with Crippen LogP contribution in [0.15, 0.2) is 45.9 Å². The minimum atomic E-state index is -3.65. The topological polar surface area (TPSA) is 98.1 Å². The van der Waals surface area contributed by atoms with E-state index < -0.39 is 10.0 Å². The number of carbonyl (C=O) groups is 1. The van der Waals surface area contributed by atoms with Crippen molar-refractivity contribution >= 4 is 15.9 Å². The van der Waals surface area contributed by atoms with Crippen molar-refractivity contribution in [2.45, 2.75) is 43.5 Å². The fourth-order valence-electron chi connectivity index (χ4n) is 3.94. The van der Waals surface area contributed by atoms with Crippen molar-refractivity contribution in [2.75, 3.05) is 26.3 Å². The molecular weight excluding hydrogens is 420 g/mol. The van der Waals surface area contributed by atoms with Crippen molar-refractivity contribution in [1.82, 2.24) is 9.62 Å². The third-order valence-electron chi connectivity index (χ3n) is 5.77. The van der Waals surface area contributed by atoms with Crippen LogP contribution in [0.1, 0.15) is 31.9 Å². The highest BCUT2D eigenvalue weighted by Crippen LogP contribution is 2.34. The summed E-state index contributed by atoms with van der Waals surface area (Å²) in [6.45, 7) is 3.46. The summed E-state index contributed by atoms with van der Waals surface area (Å²) in [4.78, 5) is 12.8. The molecule has 168 valence electrons. The maximum absolute atomic E-state index is 13.0. The SMILES string of the molecule is C[C@@H](CCc1ccco1)NC(=O)C1CCN(S(=O)(=O)c2ccc3c(c2)OCCO3)CC1. The fourth-order valence-corrected chi connectivity index (χ4v) is 5.42. The lowest BCUT2D eigenvalue weighted by Crippen LogP contribution is -2.44. The van der Waals surface area contributed by atoms with Crippen molar-refractivity contribution in [3.05, 3.63) is 42.4 Å². The number of piperidine rings is 1. The number of carbonyl (C=O) groups excluding carboxylic acids is 1. The Labute approximate surface area is 182 Å². The lowest BCUT2D eigenvalue weighted by Gasteiger charge is -2.31. The maximum Gasteiger partial charge on any atom is 0.243 e. The van der Waals surface area contributed by atoms with Crippen LogP contribution in [0, 0.1) is 5.92 Å². The Morgan fingerprint density at radius 1 is 1.16 bits per heavy atom.